The van der Waals surface area contributed by atoms with E-state index in [1.165, 1.54) is 7.11 Å². The Labute approximate surface area is 129 Å². The molecule has 2 aromatic carbocycles. The molecule has 21 heavy (non-hydrogen) atoms. The summed E-state index contributed by atoms with van der Waals surface area (Å²) in [5, 5.41) is 10.1. The van der Waals surface area contributed by atoms with E-state index in [4.69, 9.17) is 16.3 Å². The molecule has 3 nitrogen and oxygen atoms in total. The first-order valence-corrected chi connectivity index (χ1v) is 7.13. The van der Waals surface area contributed by atoms with E-state index in [2.05, 4.69) is 0 Å². The average molecular weight is 305 g/mol. The van der Waals surface area contributed by atoms with Crippen molar-refractivity contribution in [1.29, 1.82) is 0 Å². The Hall–Kier alpha value is -2.00. The second-order valence-corrected chi connectivity index (χ2v) is 5.22. The topological polar surface area (TPSA) is 46.5 Å². The number of benzene rings is 2. The normalized spacial score (nSPS) is 10.4. The molecule has 1 N–H and O–H groups in total. The molecule has 0 radical (unpaired) electrons. The molecule has 2 rings (SSSR count). The van der Waals surface area contributed by atoms with Crippen molar-refractivity contribution in [2.24, 2.45) is 0 Å². The Morgan fingerprint density at radius 1 is 1.19 bits per heavy atom. The number of hydrogen-bond donors (Lipinski definition) is 1. The Balaban J connectivity index is 2.08. The Bertz CT molecular complexity index is 638. The van der Waals surface area contributed by atoms with Crippen LogP contribution < -0.4 is 4.74 Å². The monoisotopic (exact) mass is 304 g/mol. The molecule has 0 aliphatic carbocycles. The van der Waals surface area contributed by atoms with Gasteiger partial charge in [0.1, 0.15) is 11.3 Å². The van der Waals surface area contributed by atoms with Gasteiger partial charge in [-0.3, -0.25) is 0 Å². The van der Waals surface area contributed by atoms with Gasteiger partial charge in [0.25, 0.3) is 0 Å². The molecular formula is C17H17ClO3. The van der Waals surface area contributed by atoms with Crippen LogP contribution in [0.25, 0.3) is 0 Å². The number of rotatable bonds is 6. The van der Waals surface area contributed by atoms with Crippen molar-refractivity contribution < 1.29 is 14.6 Å². The smallest absolute Gasteiger partial charge is 0.339 e. The van der Waals surface area contributed by atoms with Crippen molar-refractivity contribution in [2.45, 2.75) is 19.3 Å². The van der Waals surface area contributed by atoms with Gasteiger partial charge in [-0.1, -0.05) is 35.9 Å². The molecule has 0 fully saturated rings. The lowest BCUT2D eigenvalue weighted by Crippen LogP contribution is -2.06. The molecule has 0 amide bonds. The molecule has 0 unspecified atom stereocenters. The minimum atomic E-state index is -0.954. The molecule has 0 heterocycles. The van der Waals surface area contributed by atoms with Crippen LogP contribution in [0.2, 0.25) is 5.02 Å². The van der Waals surface area contributed by atoms with Gasteiger partial charge in [-0.2, -0.15) is 0 Å². The van der Waals surface area contributed by atoms with Crippen LogP contribution in [0.15, 0.2) is 42.5 Å². The van der Waals surface area contributed by atoms with Crippen molar-refractivity contribution in [1.82, 2.24) is 0 Å². The summed E-state index contributed by atoms with van der Waals surface area (Å²) in [6.45, 7) is 0. The van der Waals surface area contributed by atoms with Gasteiger partial charge in [-0.25, -0.2) is 4.79 Å². The van der Waals surface area contributed by atoms with Crippen LogP contribution in [0.4, 0.5) is 0 Å². The molecule has 0 saturated heterocycles. The zero-order valence-electron chi connectivity index (χ0n) is 11.8. The summed E-state index contributed by atoms with van der Waals surface area (Å²) in [5.74, 6) is -0.548. The summed E-state index contributed by atoms with van der Waals surface area (Å²) in [6.07, 6.45) is 2.40. The van der Waals surface area contributed by atoms with Gasteiger partial charge < -0.3 is 9.84 Å². The van der Waals surface area contributed by atoms with E-state index >= 15 is 0 Å². The van der Waals surface area contributed by atoms with Gasteiger partial charge in [0.05, 0.1) is 7.11 Å². The summed E-state index contributed by atoms with van der Waals surface area (Å²) in [5.41, 5.74) is 2.21. The number of hydrogen-bond acceptors (Lipinski definition) is 2. The number of aromatic carboxylic acids is 1. The molecule has 110 valence electrons. The first kappa shape index (κ1) is 15.4. The number of carbonyl (C=O) groups is 1. The highest BCUT2D eigenvalue weighted by Crippen LogP contribution is 2.24. The van der Waals surface area contributed by atoms with Gasteiger partial charge in [0, 0.05) is 5.02 Å². The third kappa shape index (κ3) is 3.99. The van der Waals surface area contributed by atoms with Crippen LogP contribution in [0.1, 0.15) is 27.9 Å². The first-order valence-electron chi connectivity index (χ1n) is 6.75. The summed E-state index contributed by atoms with van der Waals surface area (Å²) in [4.78, 5) is 11.4. The lowest BCUT2D eigenvalue weighted by atomic mass is 9.99. The van der Waals surface area contributed by atoms with Gasteiger partial charge in [0.15, 0.2) is 0 Å². The number of aryl methyl sites for hydroxylation is 2. The van der Waals surface area contributed by atoms with Crippen LogP contribution >= 0.6 is 11.6 Å². The summed E-state index contributed by atoms with van der Waals surface area (Å²) in [6, 6.07) is 13.1. The SMILES string of the molecule is COc1cccc(CCCc2cccc(Cl)c2)c1C(=O)O. The molecule has 0 saturated carbocycles. The second kappa shape index (κ2) is 7.14. The van der Waals surface area contributed by atoms with Crippen LogP contribution in [0.3, 0.4) is 0 Å². The lowest BCUT2D eigenvalue weighted by Gasteiger charge is -2.10. The number of methoxy groups -OCH3 is 1. The van der Waals surface area contributed by atoms with Crippen LogP contribution in [0, 0.1) is 0 Å². The van der Waals surface area contributed by atoms with Crippen molar-refractivity contribution in [3.63, 3.8) is 0 Å². The number of carboxylic acids is 1. The highest BCUT2D eigenvalue weighted by Gasteiger charge is 2.15. The van der Waals surface area contributed by atoms with E-state index in [1.807, 2.05) is 36.4 Å². The molecule has 0 aliphatic heterocycles. The quantitative estimate of drug-likeness (QED) is 0.869. The van der Waals surface area contributed by atoms with Crippen LogP contribution in [0.5, 0.6) is 5.75 Å². The van der Waals surface area contributed by atoms with Gasteiger partial charge in [-0.15, -0.1) is 0 Å². The van der Waals surface area contributed by atoms with E-state index in [-0.39, 0.29) is 5.56 Å². The summed E-state index contributed by atoms with van der Waals surface area (Å²) >= 11 is 5.95. The minimum absolute atomic E-state index is 0.256. The molecule has 0 atom stereocenters. The maximum Gasteiger partial charge on any atom is 0.339 e. The van der Waals surface area contributed by atoms with E-state index in [9.17, 15) is 9.90 Å². The maximum absolute atomic E-state index is 11.4. The largest absolute Gasteiger partial charge is 0.496 e. The fourth-order valence-corrected chi connectivity index (χ4v) is 2.59. The second-order valence-electron chi connectivity index (χ2n) is 4.78. The predicted molar refractivity (Wildman–Crippen MR) is 83.4 cm³/mol. The highest BCUT2D eigenvalue weighted by molar-refractivity contribution is 6.30. The van der Waals surface area contributed by atoms with Crippen LogP contribution in [-0.4, -0.2) is 18.2 Å². The molecular weight excluding hydrogens is 288 g/mol. The van der Waals surface area contributed by atoms with Gasteiger partial charge >= 0.3 is 5.97 Å². The minimum Gasteiger partial charge on any atom is -0.496 e. The molecule has 2 aromatic rings. The fourth-order valence-electron chi connectivity index (χ4n) is 2.37. The Kier molecular flexibility index (Phi) is 5.23. The zero-order chi connectivity index (χ0) is 15.2. The van der Waals surface area contributed by atoms with Crippen molar-refractivity contribution in [2.75, 3.05) is 7.11 Å². The zero-order valence-corrected chi connectivity index (χ0v) is 12.6. The molecule has 0 spiro atoms. The van der Waals surface area contributed by atoms with Gasteiger partial charge in [0.2, 0.25) is 0 Å². The predicted octanol–water partition coefficient (Wildman–Crippen LogP) is 4.22. The summed E-state index contributed by atoms with van der Waals surface area (Å²) in [7, 11) is 1.48. The van der Waals surface area contributed by atoms with E-state index in [0.717, 1.165) is 29.0 Å². The van der Waals surface area contributed by atoms with E-state index in [0.29, 0.717) is 12.2 Å². The number of carboxylic acid groups (broad SMARTS) is 1. The van der Waals surface area contributed by atoms with Crippen LogP contribution in [-0.2, 0) is 12.8 Å². The molecule has 4 heteroatoms. The molecule has 0 aliphatic rings. The third-order valence-electron chi connectivity index (χ3n) is 3.35. The number of ether oxygens (including phenoxy) is 1. The lowest BCUT2D eigenvalue weighted by molar-refractivity contribution is 0.0692. The fraction of sp³-hybridized carbons (Fsp3) is 0.235. The van der Waals surface area contributed by atoms with E-state index in [1.54, 1.807) is 6.07 Å². The van der Waals surface area contributed by atoms with Crippen molar-refractivity contribution in [3.8, 4) is 5.75 Å². The first-order chi connectivity index (χ1) is 10.1. The van der Waals surface area contributed by atoms with Crippen molar-refractivity contribution >= 4 is 17.6 Å². The number of halogens is 1. The summed E-state index contributed by atoms with van der Waals surface area (Å²) < 4.78 is 5.13. The maximum atomic E-state index is 11.4. The van der Waals surface area contributed by atoms with Gasteiger partial charge in [-0.05, 0) is 48.6 Å². The Morgan fingerprint density at radius 2 is 1.95 bits per heavy atom. The average Bonchev–Trinajstić information content (AvgIpc) is 2.46. The third-order valence-corrected chi connectivity index (χ3v) is 3.58. The molecule has 0 bridgehead atoms. The standard InChI is InChI=1S/C17H17ClO3/c1-21-15-10-4-8-13(16(15)17(19)20)7-2-5-12-6-3-9-14(18)11-12/h3-4,6,8-11H,2,5,7H2,1H3,(H,19,20). The Morgan fingerprint density at radius 3 is 2.62 bits per heavy atom. The highest BCUT2D eigenvalue weighted by atomic mass is 35.5. The van der Waals surface area contributed by atoms with Crippen molar-refractivity contribution in [3.05, 3.63) is 64.2 Å². The molecule has 0 aromatic heterocycles. The van der Waals surface area contributed by atoms with E-state index < -0.39 is 5.97 Å².